The van der Waals surface area contributed by atoms with Gasteiger partial charge in [-0.3, -0.25) is 4.90 Å². The third-order valence-corrected chi connectivity index (χ3v) is 5.76. The second kappa shape index (κ2) is 7.01. The SMILES string of the molecule is CC1CCN(Cc2ccccc2CSc2cc(N)nc3n[nH]nc23)C1. The molecule has 1 aliphatic heterocycles. The van der Waals surface area contributed by atoms with E-state index in [0.717, 1.165) is 28.6 Å². The lowest BCUT2D eigenvalue weighted by atomic mass is 10.1. The van der Waals surface area contributed by atoms with E-state index in [1.54, 1.807) is 11.8 Å². The van der Waals surface area contributed by atoms with E-state index in [4.69, 9.17) is 5.73 Å². The van der Waals surface area contributed by atoms with Crippen molar-refractivity contribution in [3.63, 3.8) is 0 Å². The van der Waals surface area contributed by atoms with Crippen LogP contribution >= 0.6 is 11.8 Å². The predicted octanol–water partition coefficient (Wildman–Crippen LogP) is 3.07. The van der Waals surface area contributed by atoms with Crippen LogP contribution in [0.1, 0.15) is 24.5 Å². The van der Waals surface area contributed by atoms with Gasteiger partial charge in [0.2, 0.25) is 5.65 Å². The fraction of sp³-hybridized carbons (Fsp3) is 0.389. The Morgan fingerprint density at radius 2 is 2.12 bits per heavy atom. The zero-order valence-electron chi connectivity index (χ0n) is 14.3. The van der Waals surface area contributed by atoms with Gasteiger partial charge in [0.15, 0.2) is 0 Å². The lowest BCUT2D eigenvalue weighted by molar-refractivity contribution is 0.319. The molecule has 1 fully saturated rings. The Hall–Kier alpha value is -2.12. The quantitative estimate of drug-likeness (QED) is 0.685. The lowest BCUT2D eigenvalue weighted by Gasteiger charge is -2.18. The van der Waals surface area contributed by atoms with Crippen molar-refractivity contribution in [3.8, 4) is 0 Å². The Kier molecular flexibility index (Phi) is 4.59. The van der Waals surface area contributed by atoms with Crippen LogP contribution in [0.15, 0.2) is 35.2 Å². The average molecular weight is 354 g/mol. The molecule has 6 nitrogen and oxygen atoms in total. The van der Waals surface area contributed by atoms with Gasteiger partial charge in [0, 0.05) is 23.7 Å². The molecule has 0 amide bonds. The highest BCUT2D eigenvalue weighted by Crippen LogP contribution is 2.30. The third-order valence-electron chi connectivity index (χ3n) is 4.68. The van der Waals surface area contributed by atoms with Crippen molar-refractivity contribution in [3.05, 3.63) is 41.5 Å². The number of aromatic nitrogens is 4. The largest absolute Gasteiger partial charge is 0.384 e. The van der Waals surface area contributed by atoms with Gasteiger partial charge in [0.25, 0.3) is 0 Å². The van der Waals surface area contributed by atoms with E-state index < -0.39 is 0 Å². The van der Waals surface area contributed by atoms with Gasteiger partial charge < -0.3 is 5.73 Å². The number of pyridine rings is 1. The number of thioether (sulfide) groups is 1. The minimum absolute atomic E-state index is 0.475. The minimum Gasteiger partial charge on any atom is -0.384 e. The molecule has 1 aromatic carbocycles. The summed E-state index contributed by atoms with van der Waals surface area (Å²) in [7, 11) is 0. The summed E-state index contributed by atoms with van der Waals surface area (Å²) in [5.41, 5.74) is 10.0. The summed E-state index contributed by atoms with van der Waals surface area (Å²) in [6.07, 6.45) is 1.30. The van der Waals surface area contributed by atoms with Crippen molar-refractivity contribution in [2.24, 2.45) is 5.92 Å². The molecule has 3 heterocycles. The van der Waals surface area contributed by atoms with Gasteiger partial charge in [-0.25, -0.2) is 4.98 Å². The van der Waals surface area contributed by atoms with Crippen molar-refractivity contribution < 1.29 is 0 Å². The molecule has 4 rings (SSSR count). The maximum absolute atomic E-state index is 5.89. The smallest absolute Gasteiger partial charge is 0.204 e. The number of aromatic amines is 1. The first kappa shape index (κ1) is 16.4. The fourth-order valence-electron chi connectivity index (χ4n) is 3.35. The molecule has 1 atom stereocenters. The van der Waals surface area contributed by atoms with E-state index in [0.29, 0.717) is 11.5 Å². The van der Waals surface area contributed by atoms with Crippen LogP contribution in [-0.4, -0.2) is 38.4 Å². The molecule has 0 bridgehead atoms. The summed E-state index contributed by atoms with van der Waals surface area (Å²) in [6, 6.07) is 10.6. The van der Waals surface area contributed by atoms with Gasteiger partial charge in [-0.05, 0) is 36.1 Å². The number of nitrogens with two attached hydrogens (primary N) is 1. The van der Waals surface area contributed by atoms with Crippen molar-refractivity contribution >= 4 is 28.7 Å². The first-order valence-electron chi connectivity index (χ1n) is 8.58. The normalized spacial score (nSPS) is 18.2. The second-order valence-electron chi connectivity index (χ2n) is 6.73. The number of nitrogens with one attached hydrogen (secondary N) is 1. The Labute approximate surface area is 151 Å². The van der Waals surface area contributed by atoms with E-state index in [-0.39, 0.29) is 0 Å². The molecule has 0 saturated carbocycles. The predicted molar refractivity (Wildman–Crippen MR) is 101 cm³/mol. The molecule has 3 aromatic rings. The van der Waals surface area contributed by atoms with Gasteiger partial charge in [0.05, 0.1) is 0 Å². The number of hydrogen-bond acceptors (Lipinski definition) is 6. The Bertz CT molecular complexity index is 877. The number of hydrogen-bond donors (Lipinski definition) is 2. The van der Waals surface area contributed by atoms with Crippen LogP contribution in [0, 0.1) is 5.92 Å². The van der Waals surface area contributed by atoms with Crippen molar-refractivity contribution in [1.29, 1.82) is 0 Å². The Morgan fingerprint density at radius 1 is 1.28 bits per heavy atom. The highest BCUT2D eigenvalue weighted by atomic mass is 32.2. The topological polar surface area (TPSA) is 83.7 Å². The number of nitrogen functional groups attached to an aromatic ring is 1. The maximum atomic E-state index is 5.89. The summed E-state index contributed by atoms with van der Waals surface area (Å²) in [4.78, 5) is 7.76. The van der Waals surface area contributed by atoms with Gasteiger partial charge >= 0.3 is 0 Å². The van der Waals surface area contributed by atoms with Crippen molar-refractivity contribution in [2.45, 2.75) is 30.5 Å². The number of fused-ring (bicyclic) bond motifs is 1. The van der Waals surface area contributed by atoms with Gasteiger partial charge in [0.1, 0.15) is 11.3 Å². The maximum Gasteiger partial charge on any atom is 0.204 e. The van der Waals surface area contributed by atoms with E-state index in [1.807, 2.05) is 6.07 Å². The summed E-state index contributed by atoms with van der Waals surface area (Å²) < 4.78 is 0. The van der Waals surface area contributed by atoms with Crippen LogP contribution in [0.5, 0.6) is 0 Å². The van der Waals surface area contributed by atoms with Crippen LogP contribution in [-0.2, 0) is 12.3 Å². The number of benzene rings is 1. The summed E-state index contributed by atoms with van der Waals surface area (Å²) in [5.74, 6) is 2.16. The van der Waals surface area contributed by atoms with Gasteiger partial charge in [-0.1, -0.05) is 31.2 Å². The Morgan fingerprint density at radius 3 is 2.92 bits per heavy atom. The number of likely N-dealkylation sites (tertiary alicyclic amines) is 1. The van der Waals surface area contributed by atoms with E-state index in [9.17, 15) is 0 Å². The molecule has 1 aliphatic rings. The van der Waals surface area contributed by atoms with E-state index in [2.05, 4.69) is 56.5 Å². The second-order valence-corrected chi connectivity index (χ2v) is 7.74. The van der Waals surface area contributed by atoms with Crippen LogP contribution in [0.3, 0.4) is 0 Å². The van der Waals surface area contributed by atoms with Gasteiger partial charge in [-0.2, -0.15) is 10.3 Å². The monoisotopic (exact) mass is 354 g/mol. The first-order chi connectivity index (χ1) is 12.2. The van der Waals surface area contributed by atoms with Crippen molar-refractivity contribution in [2.75, 3.05) is 18.8 Å². The molecule has 7 heteroatoms. The highest BCUT2D eigenvalue weighted by Gasteiger charge is 2.19. The number of rotatable bonds is 5. The summed E-state index contributed by atoms with van der Waals surface area (Å²) in [6.45, 7) is 5.75. The van der Waals surface area contributed by atoms with Crippen molar-refractivity contribution in [1.82, 2.24) is 25.3 Å². The van der Waals surface area contributed by atoms with E-state index >= 15 is 0 Å². The summed E-state index contributed by atoms with van der Waals surface area (Å²) >= 11 is 1.73. The minimum atomic E-state index is 0.475. The highest BCUT2D eigenvalue weighted by molar-refractivity contribution is 7.98. The van der Waals surface area contributed by atoms with Crippen LogP contribution in [0.2, 0.25) is 0 Å². The van der Waals surface area contributed by atoms with E-state index in [1.165, 1.54) is 30.6 Å². The van der Waals surface area contributed by atoms with Crippen LogP contribution < -0.4 is 5.73 Å². The lowest BCUT2D eigenvalue weighted by Crippen LogP contribution is -2.20. The average Bonchev–Trinajstić information content (AvgIpc) is 3.22. The molecule has 1 saturated heterocycles. The fourth-order valence-corrected chi connectivity index (χ4v) is 4.43. The zero-order chi connectivity index (χ0) is 17.2. The van der Waals surface area contributed by atoms with Crippen LogP contribution in [0.4, 0.5) is 5.82 Å². The molecule has 0 spiro atoms. The van der Waals surface area contributed by atoms with Gasteiger partial charge in [-0.15, -0.1) is 16.9 Å². The molecular formula is C18H22N6S. The molecular weight excluding hydrogens is 332 g/mol. The zero-order valence-corrected chi connectivity index (χ0v) is 15.1. The Balaban J connectivity index is 1.52. The molecule has 0 aliphatic carbocycles. The van der Waals surface area contributed by atoms with Crippen LogP contribution in [0.25, 0.3) is 11.2 Å². The summed E-state index contributed by atoms with van der Waals surface area (Å²) in [5, 5.41) is 10.9. The first-order valence-corrected chi connectivity index (χ1v) is 9.56. The molecule has 0 radical (unpaired) electrons. The number of nitrogens with zero attached hydrogens (tertiary/aromatic N) is 4. The molecule has 1 unspecified atom stereocenters. The molecule has 130 valence electrons. The molecule has 3 N–H and O–H groups in total. The third kappa shape index (κ3) is 3.62. The number of anilines is 1. The number of H-pyrrole nitrogens is 1. The molecule has 25 heavy (non-hydrogen) atoms. The molecule has 2 aromatic heterocycles. The standard InChI is InChI=1S/C18H22N6S/c1-12-6-7-24(9-12)10-13-4-2-3-5-14(13)11-25-15-8-16(19)20-18-17(15)21-23-22-18/h2-5,8,12H,6-7,9-11H2,1H3,(H3,19,20,21,22,23).